The summed E-state index contributed by atoms with van der Waals surface area (Å²) in [6, 6.07) is 19.2. The van der Waals surface area contributed by atoms with Crippen molar-refractivity contribution < 1.29 is 28.8 Å². The Morgan fingerprint density at radius 3 is 2.31 bits per heavy atom. The minimum Gasteiger partial charge on any atom is -0.494 e. The van der Waals surface area contributed by atoms with E-state index in [-0.39, 0.29) is 6.42 Å². The Balaban J connectivity index is 1.75. The van der Waals surface area contributed by atoms with Crippen LogP contribution in [0.1, 0.15) is 30.9 Å². The van der Waals surface area contributed by atoms with Crippen molar-refractivity contribution in [1.82, 2.24) is 4.98 Å². The van der Waals surface area contributed by atoms with Crippen molar-refractivity contribution in [2.45, 2.75) is 32.8 Å². The fourth-order valence-corrected chi connectivity index (χ4v) is 4.13. The second-order valence-corrected chi connectivity index (χ2v) is 8.44. The number of carbonyl (C=O) groups is 1. The van der Waals surface area contributed by atoms with Crippen LogP contribution in [0.25, 0.3) is 22.2 Å². The summed E-state index contributed by atoms with van der Waals surface area (Å²) in [6.45, 7) is 3.08. The molecule has 1 heterocycles. The van der Waals surface area contributed by atoms with Crippen molar-refractivity contribution in [2.75, 3.05) is 20.8 Å². The van der Waals surface area contributed by atoms with E-state index >= 15 is 0 Å². The van der Waals surface area contributed by atoms with Crippen LogP contribution >= 0.6 is 0 Å². The number of H-pyrrole nitrogens is 1. The zero-order valence-corrected chi connectivity index (χ0v) is 20.8. The smallest absolute Gasteiger partial charge is 0.307 e. The highest BCUT2D eigenvalue weighted by atomic mass is 16.5. The minimum atomic E-state index is -0.920. The Morgan fingerprint density at radius 1 is 0.944 bits per heavy atom. The molecule has 7 heteroatoms. The van der Waals surface area contributed by atoms with E-state index in [1.54, 1.807) is 14.2 Å². The van der Waals surface area contributed by atoms with E-state index in [1.807, 2.05) is 60.7 Å². The molecular weight excluding hydrogens is 458 g/mol. The van der Waals surface area contributed by atoms with Gasteiger partial charge in [0.2, 0.25) is 5.75 Å². The van der Waals surface area contributed by atoms with Crippen LogP contribution in [0.4, 0.5) is 0 Å². The number of aromatic amines is 1. The van der Waals surface area contributed by atoms with Crippen molar-refractivity contribution in [3.05, 3.63) is 71.8 Å². The van der Waals surface area contributed by atoms with Gasteiger partial charge in [0.15, 0.2) is 11.5 Å². The standard InChI is InChI=1S/C29H31NO6/c1-4-5-13-35-21-11-12-24-22(16-21)23(17-27(31)32)28(30-24)20-14-25(33-2)29(26(15-20)34-3)36-18-19-9-7-6-8-10-19/h6-12,14-16,30H,4-5,13,17-18H2,1-3H3,(H,31,32). The lowest BCUT2D eigenvalue weighted by molar-refractivity contribution is -0.136. The summed E-state index contributed by atoms with van der Waals surface area (Å²) in [7, 11) is 3.13. The molecule has 0 atom stereocenters. The summed E-state index contributed by atoms with van der Waals surface area (Å²) in [5.41, 5.74) is 3.93. The summed E-state index contributed by atoms with van der Waals surface area (Å²) in [4.78, 5) is 15.2. The summed E-state index contributed by atoms with van der Waals surface area (Å²) >= 11 is 0. The van der Waals surface area contributed by atoms with Gasteiger partial charge in [0.1, 0.15) is 12.4 Å². The van der Waals surface area contributed by atoms with Crippen LogP contribution < -0.4 is 18.9 Å². The number of rotatable bonds is 12. The number of ether oxygens (including phenoxy) is 4. The maximum Gasteiger partial charge on any atom is 0.307 e. The van der Waals surface area contributed by atoms with Crippen LogP contribution in [0.15, 0.2) is 60.7 Å². The number of aromatic nitrogens is 1. The number of benzene rings is 3. The molecule has 0 aliphatic rings. The maximum absolute atomic E-state index is 11.8. The van der Waals surface area contributed by atoms with E-state index in [1.165, 1.54) is 0 Å². The first-order valence-electron chi connectivity index (χ1n) is 12.0. The lowest BCUT2D eigenvalue weighted by Gasteiger charge is -2.16. The zero-order chi connectivity index (χ0) is 25.5. The molecule has 0 radical (unpaired) electrons. The van der Waals surface area contributed by atoms with E-state index < -0.39 is 5.97 Å². The second-order valence-electron chi connectivity index (χ2n) is 8.44. The largest absolute Gasteiger partial charge is 0.494 e. The maximum atomic E-state index is 11.8. The third kappa shape index (κ3) is 5.57. The number of fused-ring (bicyclic) bond motifs is 1. The lowest BCUT2D eigenvalue weighted by atomic mass is 10.0. The number of carboxylic acid groups (broad SMARTS) is 1. The Labute approximate surface area is 210 Å². The van der Waals surface area contributed by atoms with Gasteiger partial charge in [-0.1, -0.05) is 43.7 Å². The molecule has 4 rings (SSSR count). The second kappa shape index (κ2) is 11.5. The molecule has 188 valence electrons. The highest BCUT2D eigenvalue weighted by Crippen LogP contribution is 2.43. The van der Waals surface area contributed by atoms with Gasteiger partial charge in [-0.2, -0.15) is 0 Å². The molecule has 36 heavy (non-hydrogen) atoms. The molecule has 0 bridgehead atoms. The molecule has 0 spiro atoms. The van der Waals surface area contributed by atoms with Gasteiger partial charge in [-0.25, -0.2) is 0 Å². The van der Waals surface area contributed by atoms with Crippen LogP contribution in [0.3, 0.4) is 0 Å². The monoisotopic (exact) mass is 489 g/mol. The summed E-state index contributed by atoms with van der Waals surface area (Å²) in [5.74, 6) is 1.26. The summed E-state index contributed by atoms with van der Waals surface area (Å²) in [6.07, 6.45) is 1.84. The molecule has 7 nitrogen and oxygen atoms in total. The van der Waals surface area contributed by atoms with Gasteiger partial charge in [-0.3, -0.25) is 4.79 Å². The number of unbranched alkanes of at least 4 members (excludes halogenated alkanes) is 1. The first-order chi connectivity index (χ1) is 17.5. The van der Waals surface area contributed by atoms with E-state index in [2.05, 4.69) is 11.9 Å². The molecule has 4 aromatic rings. The number of methoxy groups -OCH3 is 2. The summed E-state index contributed by atoms with van der Waals surface area (Å²) < 4.78 is 23.2. The number of carboxylic acids is 1. The summed E-state index contributed by atoms with van der Waals surface area (Å²) in [5, 5.41) is 10.5. The van der Waals surface area contributed by atoms with Crippen molar-refractivity contribution >= 4 is 16.9 Å². The molecule has 1 aromatic heterocycles. The Bertz CT molecular complexity index is 1300. The molecule has 0 amide bonds. The van der Waals surface area contributed by atoms with Gasteiger partial charge in [0, 0.05) is 16.5 Å². The third-order valence-corrected chi connectivity index (χ3v) is 5.95. The van der Waals surface area contributed by atoms with E-state index in [9.17, 15) is 9.90 Å². The Hall–Kier alpha value is -4.13. The van der Waals surface area contributed by atoms with Gasteiger partial charge >= 0.3 is 5.97 Å². The van der Waals surface area contributed by atoms with Gasteiger partial charge < -0.3 is 29.0 Å². The number of hydrogen-bond donors (Lipinski definition) is 2. The van der Waals surface area contributed by atoms with E-state index in [0.29, 0.717) is 47.5 Å². The fourth-order valence-electron chi connectivity index (χ4n) is 4.13. The Kier molecular flexibility index (Phi) is 8.00. The molecule has 3 aromatic carbocycles. The third-order valence-electron chi connectivity index (χ3n) is 5.95. The quantitative estimate of drug-likeness (QED) is 0.229. The first kappa shape index (κ1) is 25.0. The van der Waals surface area contributed by atoms with Gasteiger partial charge in [0.05, 0.1) is 32.9 Å². The average Bonchev–Trinajstić information content (AvgIpc) is 3.24. The van der Waals surface area contributed by atoms with Crippen molar-refractivity contribution in [3.8, 4) is 34.3 Å². The van der Waals surface area contributed by atoms with Gasteiger partial charge in [-0.15, -0.1) is 0 Å². The molecule has 0 fully saturated rings. The predicted octanol–water partition coefficient (Wildman–Crippen LogP) is 6.24. The normalized spacial score (nSPS) is 10.9. The lowest BCUT2D eigenvalue weighted by Crippen LogP contribution is -2.03. The number of hydrogen-bond acceptors (Lipinski definition) is 5. The van der Waals surface area contributed by atoms with Crippen molar-refractivity contribution in [3.63, 3.8) is 0 Å². The van der Waals surface area contributed by atoms with Crippen LogP contribution in [0.5, 0.6) is 23.0 Å². The number of nitrogens with one attached hydrogen (secondary N) is 1. The fraction of sp³-hybridized carbons (Fsp3) is 0.276. The van der Waals surface area contributed by atoms with E-state index in [4.69, 9.17) is 18.9 Å². The van der Waals surface area contributed by atoms with Crippen LogP contribution in [-0.4, -0.2) is 36.9 Å². The van der Waals surface area contributed by atoms with Crippen molar-refractivity contribution in [1.29, 1.82) is 0 Å². The SMILES string of the molecule is CCCCOc1ccc2[nH]c(-c3cc(OC)c(OCc4ccccc4)c(OC)c3)c(CC(=O)O)c2c1. The molecule has 0 aliphatic heterocycles. The highest BCUT2D eigenvalue weighted by Gasteiger charge is 2.21. The molecular formula is C29H31NO6. The van der Waals surface area contributed by atoms with Crippen LogP contribution in [0, 0.1) is 0 Å². The van der Waals surface area contributed by atoms with Crippen LogP contribution in [-0.2, 0) is 17.8 Å². The van der Waals surface area contributed by atoms with Crippen LogP contribution in [0.2, 0.25) is 0 Å². The molecule has 0 aliphatic carbocycles. The highest BCUT2D eigenvalue weighted by molar-refractivity contribution is 5.95. The van der Waals surface area contributed by atoms with Crippen molar-refractivity contribution in [2.24, 2.45) is 0 Å². The van der Waals surface area contributed by atoms with Gasteiger partial charge in [-0.05, 0) is 47.9 Å². The first-order valence-corrected chi connectivity index (χ1v) is 12.0. The molecule has 0 saturated carbocycles. The molecule has 2 N–H and O–H groups in total. The topological polar surface area (TPSA) is 90.0 Å². The molecule has 0 saturated heterocycles. The zero-order valence-electron chi connectivity index (χ0n) is 20.8. The minimum absolute atomic E-state index is 0.148. The van der Waals surface area contributed by atoms with Gasteiger partial charge in [0.25, 0.3) is 0 Å². The van der Waals surface area contributed by atoms with E-state index in [0.717, 1.165) is 34.9 Å². The predicted molar refractivity (Wildman–Crippen MR) is 139 cm³/mol. The average molecular weight is 490 g/mol. The Morgan fingerprint density at radius 2 is 1.67 bits per heavy atom. The number of aliphatic carboxylic acids is 1. The molecule has 0 unspecified atom stereocenters.